The molecule has 0 spiro atoms. The van der Waals surface area contributed by atoms with Crippen molar-refractivity contribution in [2.75, 3.05) is 6.61 Å². The van der Waals surface area contributed by atoms with Gasteiger partial charge in [0.15, 0.2) is 0 Å². The number of carboxylic acids is 1. The van der Waals surface area contributed by atoms with E-state index in [-0.39, 0.29) is 19.1 Å². The fourth-order valence-electron chi connectivity index (χ4n) is 3.69. The fraction of sp³-hybridized carbons (Fsp3) is 0.474. The minimum absolute atomic E-state index is 0.176. The first kappa shape index (κ1) is 19.0. The molecule has 1 fully saturated rings. The third-order valence-corrected chi connectivity index (χ3v) is 5.54. The molecule has 2 unspecified atom stereocenters. The number of hydrogen-bond acceptors (Lipinski definition) is 5. The number of aliphatic carboxylic acids is 1. The molecule has 1 aliphatic carbocycles. The second-order valence-corrected chi connectivity index (χ2v) is 7.32. The van der Waals surface area contributed by atoms with Crippen LogP contribution in [0.2, 0.25) is 0 Å². The SMILES string of the molecule is CCOC1CC(NC(=O)Cn2ncc3ccccc3c2=O)(C(=O)O)C1(C)C. The van der Waals surface area contributed by atoms with Gasteiger partial charge in [-0.3, -0.25) is 9.59 Å². The Labute approximate surface area is 156 Å². The molecule has 0 saturated heterocycles. The minimum Gasteiger partial charge on any atom is -0.479 e. The van der Waals surface area contributed by atoms with Crippen LogP contribution in [0.15, 0.2) is 35.3 Å². The Morgan fingerprint density at radius 2 is 2.07 bits per heavy atom. The van der Waals surface area contributed by atoms with Gasteiger partial charge in [0.25, 0.3) is 5.56 Å². The molecule has 1 aromatic heterocycles. The zero-order valence-electron chi connectivity index (χ0n) is 15.6. The molecule has 27 heavy (non-hydrogen) atoms. The first-order chi connectivity index (χ1) is 12.7. The molecule has 1 saturated carbocycles. The van der Waals surface area contributed by atoms with E-state index in [1.165, 1.54) is 6.20 Å². The Morgan fingerprint density at radius 3 is 2.70 bits per heavy atom. The van der Waals surface area contributed by atoms with Crippen LogP contribution in [0.1, 0.15) is 27.2 Å². The van der Waals surface area contributed by atoms with Crippen LogP contribution in [0.5, 0.6) is 0 Å². The molecule has 1 heterocycles. The zero-order valence-corrected chi connectivity index (χ0v) is 15.6. The van der Waals surface area contributed by atoms with Gasteiger partial charge in [-0.1, -0.05) is 32.0 Å². The van der Waals surface area contributed by atoms with Gasteiger partial charge >= 0.3 is 5.97 Å². The highest BCUT2D eigenvalue weighted by Crippen LogP contribution is 2.51. The summed E-state index contributed by atoms with van der Waals surface area (Å²) in [6, 6.07) is 6.95. The lowest BCUT2D eigenvalue weighted by atomic mass is 9.54. The van der Waals surface area contributed by atoms with E-state index in [1.807, 2.05) is 6.92 Å². The summed E-state index contributed by atoms with van der Waals surface area (Å²) in [6.45, 7) is 5.47. The van der Waals surface area contributed by atoms with Crippen LogP contribution < -0.4 is 10.9 Å². The van der Waals surface area contributed by atoms with Crippen molar-refractivity contribution in [3.05, 3.63) is 40.8 Å². The summed E-state index contributed by atoms with van der Waals surface area (Å²) in [5.74, 6) is -1.69. The van der Waals surface area contributed by atoms with Gasteiger partial charge in [0.2, 0.25) is 5.91 Å². The summed E-state index contributed by atoms with van der Waals surface area (Å²) in [7, 11) is 0. The molecule has 1 aliphatic rings. The van der Waals surface area contributed by atoms with E-state index in [9.17, 15) is 19.5 Å². The van der Waals surface area contributed by atoms with E-state index in [2.05, 4.69) is 10.4 Å². The molecular formula is C19H23N3O5. The molecule has 8 nitrogen and oxygen atoms in total. The van der Waals surface area contributed by atoms with E-state index >= 15 is 0 Å². The topological polar surface area (TPSA) is 111 Å². The second-order valence-electron chi connectivity index (χ2n) is 7.32. The predicted molar refractivity (Wildman–Crippen MR) is 98.3 cm³/mol. The number of amides is 1. The first-order valence-electron chi connectivity index (χ1n) is 8.84. The lowest BCUT2D eigenvalue weighted by Crippen LogP contribution is -2.76. The van der Waals surface area contributed by atoms with Crippen LogP contribution in [-0.2, 0) is 20.9 Å². The number of benzene rings is 1. The molecule has 2 N–H and O–H groups in total. The van der Waals surface area contributed by atoms with E-state index in [0.29, 0.717) is 17.4 Å². The molecule has 0 radical (unpaired) electrons. The number of aromatic nitrogens is 2. The molecule has 2 atom stereocenters. The number of nitrogens with one attached hydrogen (secondary N) is 1. The van der Waals surface area contributed by atoms with Gasteiger partial charge in [0.1, 0.15) is 12.1 Å². The van der Waals surface area contributed by atoms with Crippen molar-refractivity contribution in [1.82, 2.24) is 15.1 Å². The maximum Gasteiger partial charge on any atom is 0.330 e. The first-order valence-corrected chi connectivity index (χ1v) is 8.84. The van der Waals surface area contributed by atoms with Crippen molar-refractivity contribution >= 4 is 22.6 Å². The Hall–Kier alpha value is -2.74. The summed E-state index contributed by atoms with van der Waals surface area (Å²) < 4.78 is 6.62. The highest BCUT2D eigenvalue weighted by Gasteiger charge is 2.66. The summed E-state index contributed by atoms with van der Waals surface area (Å²) in [4.78, 5) is 37.0. The number of nitrogens with zero attached hydrogens (tertiary/aromatic N) is 2. The monoisotopic (exact) mass is 373 g/mol. The normalized spacial score (nSPS) is 23.6. The van der Waals surface area contributed by atoms with Gasteiger partial charge in [-0.15, -0.1) is 0 Å². The molecule has 144 valence electrons. The van der Waals surface area contributed by atoms with Gasteiger partial charge < -0.3 is 15.2 Å². The van der Waals surface area contributed by atoms with Crippen molar-refractivity contribution in [3.63, 3.8) is 0 Å². The summed E-state index contributed by atoms with van der Waals surface area (Å²) in [6.07, 6.45) is 1.42. The highest BCUT2D eigenvalue weighted by atomic mass is 16.5. The van der Waals surface area contributed by atoms with Gasteiger partial charge in [0.05, 0.1) is 17.7 Å². The molecule has 0 aliphatic heterocycles. The predicted octanol–water partition coefficient (Wildman–Crippen LogP) is 1.17. The molecule has 2 aromatic rings. The largest absolute Gasteiger partial charge is 0.479 e. The number of carbonyl (C=O) groups is 2. The lowest BCUT2D eigenvalue weighted by molar-refractivity contribution is -0.194. The average molecular weight is 373 g/mol. The number of carbonyl (C=O) groups excluding carboxylic acids is 1. The van der Waals surface area contributed by atoms with Crippen molar-refractivity contribution in [3.8, 4) is 0 Å². The lowest BCUT2D eigenvalue weighted by Gasteiger charge is -2.58. The van der Waals surface area contributed by atoms with Gasteiger partial charge in [-0.25, -0.2) is 9.48 Å². The molecule has 3 rings (SSSR count). The number of rotatable bonds is 6. The number of ether oxygens (including phenoxy) is 1. The van der Waals surface area contributed by atoms with Crippen LogP contribution in [0.4, 0.5) is 0 Å². The Balaban J connectivity index is 1.82. The van der Waals surface area contributed by atoms with Crippen molar-refractivity contribution in [2.45, 2.75) is 45.4 Å². The van der Waals surface area contributed by atoms with Crippen LogP contribution >= 0.6 is 0 Å². The maximum absolute atomic E-state index is 12.6. The number of fused-ring (bicyclic) bond motifs is 1. The fourth-order valence-corrected chi connectivity index (χ4v) is 3.69. The minimum atomic E-state index is -1.44. The molecule has 1 amide bonds. The molecular weight excluding hydrogens is 350 g/mol. The van der Waals surface area contributed by atoms with Crippen molar-refractivity contribution in [2.24, 2.45) is 5.41 Å². The molecule has 8 heteroatoms. The Morgan fingerprint density at radius 1 is 1.37 bits per heavy atom. The van der Waals surface area contributed by atoms with Gasteiger partial charge in [-0.2, -0.15) is 5.10 Å². The third kappa shape index (κ3) is 2.99. The second kappa shape index (κ2) is 6.77. The zero-order chi connectivity index (χ0) is 19.8. The number of carboxylic acid groups (broad SMARTS) is 1. The summed E-state index contributed by atoms with van der Waals surface area (Å²) in [5, 5.41) is 17.5. The van der Waals surface area contributed by atoms with Crippen LogP contribution in [-0.4, -0.2) is 45.0 Å². The van der Waals surface area contributed by atoms with Crippen LogP contribution in [0.25, 0.3) is 10.8 Å². The van der Waals surface area contributed by atoms with E-state index in [1.54, 1.807) is 38.1 Å². The third-order valence-electron chi connectivity index (χ3n) is 5.54. The quantitative estimate of drug-likeness (QED) is 0.786. The van der Waals surface area contributed by atoms with E-state index in [4.69, 9.17) is 4.74 Å². The summed E-state index contributed by atoms with van der Waals surface area (Å²) in [5.41, 5.74) is -2.62. The van der Waals surface area contributed by atoms with Crippen LogP contribution in [0, 0.1) is 5.41 Å². The Kier molecular flexibility index (Phi) is 4.77. The number of hydrogen-bond donors (Lipinski definition) is 2. The molecule has 0 bridgehead atoms. The summed E-state index contributed by atoms with van der Waals surface area (Å²) >= 11 is 0. The average Bonchev–Trinajstić information content (AvgIpc) is 2.63. The van der Waals surface area contributed by atoms with E-state index in [0.717, 1.165) is 4.68 Å². The van der Waals surface area contributed by atoms with Gasteiger partial charge in [-0.05, 0) is 13.0 Å². The molecule has 1 aromatic carbocycles. The smallest absolute Gasteiger partial charge is 0.330 e. The standard InChI is InChI=1S/C19H23N3O5/c1-4-27-14-9-19(17(25)26,18(14,2)3)21-15(23)11-22-16(24)13-8-6-5-7-12(13)10-20-22/h5-8,10,14H,4,9,11H2,1-3H3,(H,21,23)(H,25,26). The van der Waals surface area contributed by atoms with Gasteiger partial charge in [0, 0.05) is 23.8 Å². The Bertz CT molecular complexity index is 952. The van der Waals surface area contributed by atoms with Crippen molar-refractivity contribution in [1.29, 1.82) is 0 Å². The van der Waals surface area contributed by atoms with Crippen molar-refractivity contribution < 1.29 is 19.4 Å². The van der Waals surface area contributed by atoms with E-state index < -0.39 is 28.4 Å². The maximum atomic E-state index is 12.6. The van der Waals surface area contributed by atoms with Crippen LogP contribution in [0.3, 0.4) is 0 Å². The highest BCUT2D eigenvalue weighted by molar-refractivity contribution is 5.89.